The van der Waals surface area contributed by atoms with Crippen LogP contribution < -0.4 is 0 Å². The maximum absolute atomic E-state index is 4.00. The Bertz CT molecular complexity index is 254. The monoisotopic (exact) mass is 238 g/mol. The molecule has 92 valence electrons. The van der Waals surface area contributed by atoms with Crippen LogP contribution in [0.4, 0.5) is 0 Å². The molecule has 0 saturated carbocycles. The largest absolute Gasteiger partial charge is 0.153 e. The molecular formula is C15H26S. The van der Waals surface area contributed by atoms with Crippen LogP contribution in [-0.4, -0.2) is 11.0 Å². The molecule has 1 saturated heterocycles. The minimum atomic E-state index is 0.608. The molecule has 1 heterocycles. The van der Waals surface area contributed by atoms with Crippen molar-refractivity contribution in [2.45, 2.75) is 45.8 Å². The van der Waals surface area contributed by atoms with Crippen molar-refractivity contribution < 1.29 is 0 Å². The lowest BCUT2D eigenvalue weighted by Crippen LogP contribution is -2.18. The van der Waals surface area contributed by atoms with E-state index in [1.807, 2.05) is 0 Å². The first kappa shape index (κ1) is 13.9. The van der Waals surface area contributed by atoms with Crippen molar-refractivity contribution in [1.29, 1.82) is 0 Å². The zero-order chi connectivity index (χ0) is 12.1. The van der Waals surface area contributed by atoms with E-state index in [0.717, 1.165) is 18.3 Å². The Morgan fingerprint density at radius 2 is 2.00 bits per heavy atom. The maximum atomic E-state index is 4.00. The van der Waals surface area contributed by atoms with Crippen molar-refractivity contribution in [3.8, 4) is 0 Å². The van der Waals surface area contributed by atoms with Crippen LogP contribution in [0.1, 0.15) is 40.5 Å². The van der Waals surface area contributed by atoms with Gasteiger partial charge >= 0.3 is 0 Å². The normalized spacial score (nSPS) is 38.4. The molecular weight excluding hydrogens is 212 g/mol. The van der Waals surface area contributed by atoms with Crippen LogP contribution in [0.15, 0.2) is 24.3 Å². The fraction of sp³-hybridized carbons (Fsp3) is 0.733. The van der Waals surface area contributed by atoms with E-state index in [0.29, 0.717) is 11.2 Å². The topological polar surface area (TPSA) is 0 Å². The second-order valence-corrected chi connectivity index (χ2v) is 6.10. The molecule has 0 aromatic rings. The summed E-state index contributed by atoms with van der Waals surface area (Å²) < 4.78 is 0. The third-order valence-electron chi connectivity index (χ3n) is 3.95. The molecule has 0 radical (unpaired) electrons. The molecule has 0 N–H and O–H groups in total. The average molecular weight is 238 g/mol. The molecule has 1 heteroatoms. The third-order valence-corrected chi connectivity index (χ3v) is 5.56. The van der Waals surface area contributed by atoms with Gasteiger partial charge in [-0.2, -0.15) is 11.8 Å². The molecule has 1 rings (SSSR count). The van der Waals surface area contributed by atoms with Gasteiger partial charge in [-0.3, -0.25) is 0 Å². The molecule has 0 bridgehead atoms. The van der Waals surface area contributed by atoms with E-state index in [4.69, 9.17) is 0 Å². The molecule has 1 aliphatic rings. The van der Waals surface area contributed by atoms with Gasteiger partial charge < -0.3 is 0 Å². The van der Waals surface area contributed by atoms with Crippen molar-refractivity contribution in [3.05, 3.63) is 24.3 Å². The summed E-state index contributed by atoms with van der Waals surface area (Å²) in [5.74, 6) is 3.54. The van der Waals surface area contributed by atoms with Crippen molar-refractivity contribution >= 4 is 11.8 Å². The van der Waals surface area contributed by atoms with Gasteiger partial charge in [-0.05, 0) is 29.9 Å². The molecule has 0 aromatic heterocycles. The third kappa shape index (κ3) is 2.94. The Morgan fingerprint density at radius 3 is 2.50 bits per heavy atom. The maximum Gasteiger partial charge on any atom is 0.0287 e. The van der Waals surface area contributed by atoms with Gasteiger partial charge in [-0.15, -0.1) is 6.58 Å². The van der Waals surface area contributed by atoms with Crippen LogP contribution in [0.5, 0.6) is 0 Å². The minimum absolute atomic E-state index is 0.608. The molecule has 4 unspecified atom stereocenters. The highest BCUT2D eigenvalue weighted by Crippen LogP contribution is 2.41. The van der Waals surface area contributed by atoms with Gasteiger partial charge in [0.25, 0.3) is 0 Å². The molecule has 1 fully saturated rings. The van der Waals surface area contributed by atoms with E-state index in [1.54, 1.807) is 5.57 Å². The zero-order valence-corrected chi connectivity index (χ0v) is 12.0. The van der Waals surface area contributed by atoms with Gasteiger partial charge in [0, 0.05) is 5.25 Å². The van der Waals surface area contributed by atoms with Crippen LogP contribution >= 0.6 is 11.8 Å². The van der Waals surface area contributed by atoms with Crippen molar-refractivity contribution in [1.82, 2.24) is 0 Å². The number of thioether (sulfide) groups is 1. The second kappa shape index (κ2) is 6.54. The Hall–Kier alpha value is -0.170. The zero-order valence-electron chi connectivity index (χ0n) is 11.2. The van der Waals surface area contributed by atoms with Crippen molar-refractivity contribution in [2.75, 3.05) is 5.75 Å². The fourth-order valence-electron chi connectivity index (χ4n) is 2.75. The van der Waals surface area contributed by atoms with E-state index < -0.39 is 0 Å². The highest BCUT2D eigenvalue weighted by atomic mass is 32.2. The smallest absolute Gasteiger partial charge is 0.0287 e. The summed E-state index contributed by atoms with van der Waals surface area (Å²) in [6.45, 7) is 13.4. The summed E-state index contributed by atoms with van der Waals surface area (Å²) in [4.78, 5) is 0. The van der Waals surface area contributed by atoms with Crippen LogP contribution in [0.25, 0.3) is 0 Å². The molecule has 0 aliphatic carbocycles. The predicted octanol–water partition coefficient (Wildman–Crippen LogP) is 4.92. The van der Waals surface area contributed by atoms with E-state index in [2.05, 4.69) is 58.2 Å². The Labute approximate surface area is 106 Å². The Kier molecular flexibility index (Phi) is 5.68. The summed E-state index contributed by atoms with van der Waals surface area (Å²) in [6, 6.07) is 0. The van der Waals surface area contributed by atoms with E-state index in [-0.39, 0.29) is 0 Å². The summed E-state index contributed by atoms with van der Waals surface area (Å²) in [5, 5.41) is 0.608. The summed E-state index contributed by atoms with van der Waals surface area (Å²) in [6.07, 6.45) is 7.06. The van der Waals surface area contributed by atoms with E-state index >= 15 is 0 Å². The summed E-state index contributed by atoms with van der Waals surface area (Å²) >= 11 is 2.10. The first-order chi connectivity index (χ1) is 7.65. The quantitative estimate of drug-likeness (QED) is 0.629. The van der Waals surface area contributed by atoms with Crippen molar-refractivity contribution in [2.24, 2.45) is 17.8 Å². The first-order valence-electron chi connectivity index (χ1n) is 6.59. The van der Waals surface area contributed by atoms with Gasteiger partial charge in [-0.1, -0.05) is 51.8 Å². The van der Waals surface area contributed by atoms with E-state index in [1.165, 1.54) is 12.2 Å². The Morgan fingerprint density at radius 1 is 1.31 bits per heavy atom. The Balaban J connectivity index is 2.97. The second-order valence-electron chi connectivity index (χ2n) is 4.89. The minimum Gasteiger partial charge on any atom is -0.153 e. The van der Waals surface area contributed by atoms with Gasteiger partial charge in [0.05, 0.1) is 0 Å². The van der Waals surface area contributed by atoms with Crippen molar-refractivity contribution in [3.63, 3.8) is 0 Å². The molecule has 16 heavy (non-hydrogen) atoms. The first-order valence-corrected chi connectivity index (χ1v) is 7.64. The predicted molar refractivity (Wildman–Crippen MR) is 76.9 cm³/mol. The number of allylic oxidation sites excluding steroid dienone is 2. The van der Waals surface area contributed by atoms with Gasteiger partial charge in [0.15, 0.2) is 0 Å². The van der Waals surface area contributed by atoms with Crippen LogP contribution in [0.3, 0.4) is 0 Å². The van der Waals surface area contributed by atoms with Crippen LogP contribution in [0.2, 0.25) is 0 Å². The van der Waals surface area contributed by atoms with E-state index in [9.17, 15) is 0 Å². The van der Waals surface area contributed by atoms with Crippen LogP contribution in [-0.2, 0) is 0 Å². The lowest BCUT2D eigenvalue weighted by Gasteiger charge is -2.25. The van der Waals surface area contributed by atoms with Crippen LogP contribution in [0, 0.1) is 17.8 Å². The number of hydrogen-bond acceptors (Lipinski definition) is 1. The summed E-state index contributed by atoms with van der Waals surface area (Å²) in [7, 11) is 0. The molecule has 0 spiro atoms. The lowest BCUT2D eigenvalue weighted by molar-refractivity contribution is 0.411. The highest BCUT2D eigenvalue weighted by molar-refractivity contribution is 8.00. The SMILES string of the molecule is C=CC1SCC(CC)C(C)/C(=C/CC)C1C. The van der Waals surface area contributed by atoms with Gasteiger partial charge in [0.2, 0.25) is 0 Å². The fourth-order valence-corrected chi connectivity index (χ4v) is 4.33. The average Bonchev–Trinajstić information content (AvgIpc) is 2.40. The standard InChI is InChI=1S/C15H26S/c1-6-9-14-11(4)13(7-2)10-16-15(8-3)12(14)5/h8-9,11-13,15H,3,6-7,10H2,1-2,4-5H3/b14-9-. The molecule has 0 nitrogen and oxygen atoms in total. The summed E-state index contributed by atoms with van der Waals surface area (Å²) in [5.41, 5.74) is 1.67. The van der Waals surface area contributed by atoms with Gasteiger partial charge in [-0.25, -0.2) is 0 Å². The molecule has 4 atom stereocenters. The molecule has 1 aliphatic heterocycles. The highest BCUT2D eigenvalue weighted by Gasteiger charge is 2.30. The lowest BCUT2D eigenvalue weighted by atomic mass is 9.79. The number of hydrogen-bond donors (Lipinski definition) is 0. The number of rotatable bonds is 3. The molecule has 0 aromatic carbocycles. The molecule has 0 amide bonds. The van der Waals surface area contributed by atoms with Gasteiger partial charge in [0.1, 0.15) is 0 Å².